The summed E-state index contributed by atoms with van der Waals surface area (Å²) >= 11 is 0. The quantitative estimate of drug-likeness (QED) is 0.795. The molecule has 3 rings (SSSR count). The standard InChI is InChI=1S/C18H20N2O4S/c1-2-24-17-6-4-3-5-16(17)20-25(22,23)15-11-7-13(8-12-15)18(21)19-14-9-10-14/h3-8,11-12,14,20H,2,9-10H2,1H3,(H,19,21). The molecule has 0 aliphatic heterocycles. The minimum atomic E-state index is -3.77. The Kier molecular flexibility index (Phi) is 4.94. The van der Waals surface area contributed by atoms with Crippen molar-refractivity contribution in [2.75, 3.05) is 11.3 Å². The van der Waals surface area contributed by atoms with E-state index in [1.54, 1.807) is 24.3 Å². The lowest BCUT2D eigenvalue weighted by molar-refractivity contribution is 0.0951. The highest BCUT2D eigenvalue weighted by atomic mass is 32.2. The molecule has 0 atom stereocenters. The monoisotopic (exact) mass is 360 g/mol. The molecule has 0 saturated heterocycles. The molecule has 1 aliphatic carbocycles. The maximum atomic E-state index is 12.6. The van der Waals surface area contributed by atoms with Crippen LogP contribution in [-0.4, -0.2) is 27.0 Å². The van der Waals surface area contributed by atoms with Gasteiger partial charge < -0.3 is 10.1 Å². The number of anilines is 1. The van der Waals surface area contributed by atoms with E-state index >= 15 is 0 Å². The summed E-state index contributed by atoms with van der Waals surface area (Å²) in [5.74, 6) is 0.287. The molecule has 2 N–H and O–H groups in total. The molecule has 7 heteroatoms. The number of benzene rings is 2. The van der Waals surface area contributed by atoms with Crippen molar-refractivity contribution in [2.45, 2.75) is 30.7 Å². The summed E-state index contributed by atoms with van der Waals surface area (Å²) in [5.41, 5.74) is 0.820. The Hall–Kier alpha value is -2.54. The van der Waals surface area contributed by atoms with Crippen molar-refractivity contribution in [3.63, 3.8) is 0 Å². The van der Waals surface area contributed by atoms with Crippen LogP contribution in [0.5, 0.6) is 5.75 Å². The third-order valence-electron chi connectivity index (χ3n) is 3.77. The fourth-order valence-corrected chi connectivity index (χ4v) is 3.39. The topological polar surface area (TPSA) is 84.5 Å². The number of nitrogens with one attached hydrogen (secondary N) is 2. The van der Waals surface area contributed by atoms with E-state index in [1.165, 1.54) is 24.3 Å². The molecule has 0 aromatic heterocycles. The number of carbonyl (C=O) groups excluding carboxylic acids is 1. The largest absolute Gasteiger partial charge is 0.492 e. The van der Waals surface area contributed by atoms with Gasteiger partial charge in [-0.1, -0.05) is 12.1 Å². The summed E-state index contributed by atoms with van der Waals surface area (Å²) in [7, 11) is -3.77. The zero-order chi connectivity index (χ0) is 17.9. The summed E-state index contributed by atoms with van der Waals surface area (Å²) in [5, 5.41) is 2.87. The van der Waals surface area contributed by atoms with Gasteiger partial charge in [0.25, 0.3) is 15.9 Å². The second kappa shape index (κ2) is 7.14. The minimum Gasteiger partial charge on any atom is -0.492 e. The Morgan fingerprint density at radius 3 is 2.44 bits per heavy atom. The molecule has 2 aromatic rings. The van der Waals surface area contributed by atoms with Gasteiger partial charge in [-0.3, -0.25) is 9.52 Å². The van der Waals surface area contributed by atoms with E-state index in [9.17, 15) is 13.2 Å². The molecule has 132 valence electrons. The second-order valence-electron chi connectivity index (χ2n) is 5.81. The van der Waals surface area contributed by atoms with Crippen molar-refractivity contribution in [3.8, 4) is 5.75 Å². The fourth-order valence-electron chi connectivity index (χ4n) is 2.32. The van der Waals surface area contributed by atoms with Crippen LogP contribution in [0, 0.1) is 0 Å². The van der Waals surface area contributed by atoms with Crippen LogP contribution in [0.15, 0.2) is 53.4 Å². The zero-order valence-electron chi connectivity index (χ0n) is 13.9. The fraction of sp³-hybridized carbons (Fsp3) is 0.278. The van der Waals surface area contributed by atoms with E-state index in [0.717, 1.165) is 12.8 Å². The van der Waals surface area contributed by atoms with Crippen LogP contribution in [0.25, 0.3) is 0 Å². The molecule has 1 aliphatic rings. The van der Waals surface area contributed by atoms with Gasteiger partial charge in [0.1, 0.15) is 5.75 Å². The highest BCUT2D eigenvalue weighted by Gasteiger charge is 2.24. The van der Waals surface area contributed by atoms with E-state index in [2.05, 4.69) is 10.0 Å². The first-order valence-corrected chi connectivity index (χ1v) is 9.63. The van der Waals surface area contributed by atoms with Crippen LogP contribution in [-0.2, 0) is 10.0 Å². The third-order valence-corrected chi connectivity index (χ3v) is 5.15. The van der Waals surface area contributed by atoms with E-state index in [1.807, 2.05) is 6.92 Å². The van der Waals surface area contributed by atoms with E-state index in [-0.39, 0.29) is 16.8 Å². The van der Waals surface area contributed by atoms with Crippen LogP contribution in [0.2, 0.25) is 0 Å². The SMILES string of the molecule is CCOc1ccccc1NS(=O)(=O)c1ccc(C(=O)NC2CC2)cc1. The number of carbonyl (C=O) groups is 1. The molecule has 0 unspecified atom stereocenters. The summed E-state index contributed by atoms with van der Waals surface area (Å²) in [6, 6.07) is 13.0. The van der Waals surface area contributed by atoms with E-state index in [0.29, 0.717) is 23.6 Å². The predicted molar refractivity (Wildman–Crippen MR) is 95.3 cm³/mol. The molecule has 1 saturated carbocycles. The Labute approximate surface area is 147 Å². The zero-order valence-corrected chi connectivity index (χ0v) is 14.7. The lowest BCUT2D eigenvalue weighted by Gasteiger charge is -2.13. The Bertz CT molecular complexity index is 859. The summed E-state index contributed by atoms with van der Waals surface area (Å²) < 4.78 is 33.1. The van der Waals surface area contributed by atoms with Crippen molar-refractivity contribution in [2.24, 2.45) is 0 Å². The van der Waals surface area contributed by atoms with Gasteiger partial charge in [0, 0.05) is 11.6 Å². The number of hydrogen-bond acceptors (Lipinski definition) is 4. The van der Waals surface area contributed by atoms with Crippen LogP contribution in [0.4, 0.5) is 5.69 Å². The Morgan fingerprint density at radius 2 is 1.80 bits per heavy atom. The number of amides is 1. The smallest absolute Gasteiger partial charge is 0.262 e. The second-order valence-corrected chi connectivity index (χ2v) is 7.49. The van der Waals surface area contributed by atoms with Crippen molar-refractivity contribution >= 4 is 21.6 Å². The average Bonchev–Trinajstić information content (AvgIpc) is 3.41. The average molecular weight is 360 g/mol. The maximum absolute atomic E-state index is 12.6. The summed E-state index contributed by atoms with van der Waals surface area (Å²) in [6.07, 6.45) is 2.00. The van der Waals surface area contributed by atoms with Crippen LogP contribution in [0.3, 0.4) is 0 Å². The van der Waals surface area contributed by atoms with Gasteiger partial charge in [0.15, 0.2) is 0 Å². The third kappa shape index (κ3) is 4.30. The van der Waals surface area contributed by atoms with Gasteiger partial charge in [0.05, 0.1) is 17.2 Å². The molecule has 0 bridgehead atoms. The molecule has 2 aromatic carbocycles. The van der Waals surface area contributed by atoms with Gasteiger partial charge >= 0.3 is 0 Å². The van der Waals surface area contributed by atoms with E-state index in [4.69, 9.17) is 4.74 Å². The summed E-state index contributed by atoms with van der Waals surface area (Å²) in [4.78, 5) is 12.1. The molecule has 0 spiro atoms. The highest BCUT2D eigenvalue weighted by Crippen LogP contribution is 2.26. The predicted octanol–water partition coefficient (Wildman–Crippen LogP) is 2.78. The molecule has 6 nitrogen and oxygen atoms in total. The van der Waals surface area contributed by atoms with Crippen molar-refractivity contribution in [3.05, 3.63) is 54.1 Å². The number of hydrogen-bond donors (Lipinski definition) is 2. The molecule has 0 heterocycles. The number of sulfonamides is 1. The highest BCUT2D eigenvalue weighted by molar-refractivity contribution is 7.92. The molecular formula is C18H20N2O4S. The van der Waals surface area contributed by atoms with Crippen LogP contribution < -0.4 is 14.8 Å². The van der Waals surface area contributed by atoms with Gasteiger partial charge in [-0.05, 0) is 56.2 Å². The molecule has 1 fully saturated rings. The lowest BCUT2D eigenvalue weighted by Crippen LogP contribution is -2.25. The molecule has 0 radical (unpaired) electrons. The lowest BCUT2D eigenvalue weighted by atomic mass is 10.2. The molecule has 25 heavy (non-hydrogen) atoms. The van der Waals surface area contributed by atoms with Crippen LogP contribution in [0.1, 0.15) is 30.1 Å². The minimum absolute atomic E-state index is 0.0850. The first-order valence-electron chi connectivity index (χ1n) is 8.15. The Morgan fingerprint density at radius 1 is 1.12 bits per heavy atom. The van der Waals surface area contributed by atoms with Gasteiger partial charge in [0.2, 0.25) is 0 Å². The van der Waals surface area contributed by atoms with Gasteiger partial charge in [-0.25, -0.2) is 8.42 Å². The number of ether oxygens (including phenoxy) is 1. The number of para-hydroxylation sites is 2. The van der Waals surface area contributed by atoms with Crippen molar-refractivity contribution in [1.82, 2.24) is 5.32 Å². The van der Waals surface area contributed by atoms with Crippen molar-refractivity contribution < 1.29 is 17.9 Å². The molecular weight excluding hydrogens is 340 g/mol. The maximum Gasteiger partial charge on any atom is 0.262 e. The first kappa shape index (κ1) is 17.3. The molecule has 1 amide bonds. The van der Waals surface area contributed by atoms with Crippen LogP contribution >= 0.6 is 0 Å². The normalized spacial score (nSPS) is 14.0. The van der Waals surface area contributed by atoms with Gasteiger partial charge in [-0.15, -0.1) is 0 Å². The summed E-state index contributed by atoms with van der Waals surface area (Å²) in [6.45, 7) is 2.26. The van der Waals surface area contributed by atoms with E-state index < -0.39 is 10.0 Å². The Balaban J connectivity index is 1.77. The first-order chi connectivity index (χ1) is 12.0. The van der Waals surface area contributed by atoms with Crippen molar-refractivity contribution in [1.29, 1.82) is 0 Å². The van der Waals surface area contributed by atoms with Gasteiger partial charge in [-0.2, -0.15) is 0 Å². The number of rotatable bonds is 7.